The Hall–Kier alpha value is -1.51. The van der Waals surface area contributed by atoms with E-state index in [0.717, 1.165) is 24.0 Å². The summed E-state index contributed by atoms with van der Waals surface area (Å²) in [6, 6.07) is 5.65. The van der Waals surface area contributed by atoms with Crippen LogP contribution in [0.4, 0.5) is 4.79 Å². The maximum Gasteiger partial charge on any atom is 0.513 e. The molecule has 0 unspecified atom stereocenters. The van der Waals surface area contributed by atoms with Crippen LogP contribution in [0.2, 0.25) is 0 Å². The largest absolute Gasteiger partial charge is 0.513 e. The van der Waals surface area contributed by atoms with E-state index >= 15 is 0 Å². The fourth-order valence-corrected chi connectivity index (χ4v) is 1.42. The molecule has 0 N–H and O–H groups in total. The number of hydrogen-bond acceptors (Lipinski definition) is 3. The van der Waals surface area contributed by atoms with Crippen molar-refractivity contribution in [1.29, 1.82) is 0 Å². The highest BCUT2D eigenvalue weighted by atomic mass is 16.7. The van der Waals surface area contributed by atoms with Gasteiger partial charge < -0.3 is 9.47 Å². The van der Waals surface area contributed by atoms with E-state index < -0.39 is 6.16 Å². The van der Waals surface area contributed by atoms with E-state index in [1.807, 2.05) is 39.0 Å². The molecule has 88 valence electrons. The summed E-state index contributed by atoms with van der Waals surface area (Å²) in [5.74, 6) is 0.541. The first kappa shape index (κ1) is 12.6. The number of ether oxygens (including phenoxy) is 2. The monoisotopic (exact) mass is 222 g/mol. The number of benzene rings is 1. The van der Waals surface area contributed by atoms with Gasteiger partial charge in [0.05, 0.1) is 6.61 Å². The molecule has 0 bridgehead atoms. The van der Waals surface area contributed by atoms with Crippen molar-refractivity contribution >= 4 is 6.16 Å². The Kier molecular flexibility index (Phi) is 4.83. The molecule has 0 spiro atoms. The third-order valence-corrected chi connectivity index (χ3v) is 2.11. The van der Waals surface area contributed by atoms with Gasteiger partial charge in [0.1, 0.15) is 5.75 Å². The van der Waals surface area contributed by atoms with Crippen molar-refractivity contribution < 1.29 is 14.3 Å². The number of aryl methyl sites for hydroxylation is 2. The SMILES string of the molecule is CCCCOC(=O)Oc1cc(C)cc(C)c1. The minimum Gasteiger partial charge on any atom is -0.434 e. The summed E-state index contributed by atoms with van der Waals surface area (Å²) in [7, 11) is 0. The van der Waals surface area contributed by atoms with Gasteiger partial charge in [-0.3, -0.25) is 0 Å². The normalized spacial score (nSPS) is 9.94. The highest BCUT2D eigenvalue weighted by Gasteiger charge is 2.06. The number of rotatable bonds is 4. The van der Waals surface area contributed by atoms with E-state index in [4.69, 9.17) is 9.47 Å². The maximum atomic E-state index is 11.3. The predicted octanol–water partition coefficient (Wildman–Crippen LogP) is 3.62. The zero-order valence-electron chi connectivity index (χ0n) is 10.1. The smallest absolute Gasteiger partial charge is 0.434 e. The molecule has 0 aliphatic carbocycles. The summed E-state index contributed by atoms with van der Waals surface area (Å²) >= 11 is 0. The van der Waals surface area contributed by atoms with E-state index in [0.29, 0.717) is 12.4 Å². The number of unbranched alkanes of at least 4 members (excludes halogenated alkanes) is 1. The summed E-state index contributed by atoms with van der Waals surface area (Å²) in [6.07, 6.45) is 1.23. The average molecular weight is 222 g/mol. The molecule has 3 heteroatoms. The van der Waals surface area contributed by atoms with E-state index in [-0.39, 0.29) is 0 Å². The molecule has 0 saturated carbocycles. The minimum absolute atomic E-state index is 0.417. The molecule has 0 aromatic heterocycles. The highest BCUT2D eigenvalue weighted by molar-refractivity contribution is 5.64. The van der Waals surface area contributed by atoms with Gasteiger partial charge in [0.15, 0.2) is 0 Å². The van der Waals surface area contributed by atoms with Crippen molar-refractivity contribution in [3.8, 4) is 5.75 Å². The van der Waals surface area contributed by atoms with Crippen LogP contribution in [0, 0.1) is 13.8 Å². The van der Waals surface area contributed by atoms with Crippen LogP contribution in [-0.2, 0) is 4.74 Å². The van der Waals surface area contributed by atoms with Crippen LogP contribution >= 0.6 is 0 Å². The third-order valence-electron chi connectivity index (χ3n) is 2.11. The molecular formula is C13H18O3. The lowest BCUT2D eigenvalue weighted by molar-refractivity contribution is 0.0978. The number of carbonyl (C=O) groups is 1. The van der Waals surface area contributed by atoms with Crippen LogP contribution in [0.5, 0.6) is 5.75 Å². The van der Waals surface area contributed by atoms with Gasteiger partial charge in [-0.1, -0.05) is 19.4 Å². The Labute approximate surface area is 96.4 Å². The molecule has 0 fully saturated rings. The Bertz CT molecular complexity index is 338. The topological polar surface area (TPSA) is 35.5 Å². The summed E-state index contributed by atoms with van der Waals surface area (Å²) in [4.78, 5) is 11.3. The highest BCUT2D eigenvalue weighted by Crippen LogP contribution is 2.16. The molecule has 0 radical (unpaired) electrons. The van der Waals surface area contributed by atoms with Gasteiger partial charge in [-0.05, 0) is 43.5 Å². The van der Waals surface area contributed by atoms with Crippen molar-refractivity contribution in [3.63, 3.8) is 0 Å². The van der Waals surface area contributed by atoms with Crippen LogP contribution in [0.1, 0.15) is 30.9 Å². The minimum atomic E-state index is -0.626. The molecule has 1 aromatic carbocycles. The average Bonchev–Trinajstić information content (AvgIpc) is 2.16. The Morgan fingerprint density at radius 2 is 1.81 bits per heavy atom. The first-order chi connectivity index (χ1) is 7.61. The van der Waals surface area contributed by atoms with Crippen LogP contribution in [0.15, 0.2) is 18.2 Å². The van der Waals surface area contributed by atoms with Gasteiger partial charge in [0, 0.05) is 0 Å². The number of hydrogen-bond donors (Lipinski definition) is 0. The van der Waals surface area contributed by atoms with Crippen molar-refractivity contribution in [1.82, 2.24) is 0 Å². The second-order valence-electron chi connectivity index (χ2n) is 3.88. The fourth-order valence-electron chi connectivity index (χ4n) is 1.42. The Balaban J connectivity index is 2.49. The summed E-state index contributed by atoms with van der Waals surface area (Å²) in [5.41, 5.74) is 2.13. The molecule has 0 heterocycles. The third kappa shape index (κ3) is 4.34. The van der Waals surface area contributed by atoms with Crippen molar-refractivity contribution in [2.75, 3.05) is 6.61 Å². The summed E-state index contributed by atoms with van der Waals surface area (Å²) in [6.45, 7) is 6.38. The summed E-state index contributed by atoms with van der Waals surface area (Å²) in [5, 5.41) is 0. The van der Waals surface area contributed by atoms with Crippen molar-refractivity contribution in [2.24, 2.45) is 0 Å². The molecule has 1 rings (SSSR count). The van der Waals surface area contributed by atoms with Gasteiger partial charge in [0.2, 0.25) is 0 Å². The molecular weight excluding hydrogens is 204 g/mol. The van der Waals surface area contributed by atoms with Gasteiger partial charge >= 0.3 is 6.16 Å². The Morgan fingerprint density at radius 3 is 2.38 bits per heavy atom. The number of carbonyl (C=O) groups excluding carboxylic acids is 1. The van der Waals surface area contributed by atoms with E-state index in [9.17, 15) is 4.79 Å². The van der Waals surface area contributed by atoms with Gasteiger partial charge in [-0.2, -0.15) is 0 Å². The summed E-state index contributed by atoms with van der Waals surface area (Å²) < 4.78 is 9.97. The van der Waals surface area contributed by atoms with Crippen LogP contribution in [0.3, 0.4) is 0 Å². The fraction of sp³-hybridized carbons (Fsp3) is 0.462. The molecule has 0 aliphatic heterocycles. The van der Waals surface area contributed by atoms with Gasteiger partial charge in [-0.15, -0.1) is 0 Å². The maximum absolute atomic E-state index is 11.3. The van der Waals surface area contributed by atoms with Crippen LogP contribution in [-0.4, -0.2) is 12.8 Å². The first-order valence-electron chi connectivity index (χ1n) is 5.54. The predicted molar refractivity (Wildman–Crippen MR) is 62.8 cm³/mol. The molecule has 0 amide bonds. The van der Waals surface area contributed by atoms with Crippen LogP contribution in [0.25, 0.3) is 0 Å². The standard InChI is InChI=1S/C13H18O3/c1-4-5-6-15-13(14)16-12-8-10(2)7-11(3)9-12/h7-9H,4-6H2,1-3H3. The quantitative estimate of drug-likeness (QED) is 0.443. The van der Waals surface area contributed by atoms with Gasteiger partial charge in [-0.25, -0.2) is 4.79 Å². The van der Waals surface area contributed by atoms with Gasteiger partial charge in [0.25, 0.3) is 0 Å². The van der Waals surface area contributed by atoms with E-state index in [1.54, 1.807) is 0 Å². The van der Waals surface area contributed by atoms with Crippen LogP contribution < -0.4 is 4.74 Å². The molecule has 0 aliphatic rings. The zero-order valence-corrected chi connectivity index (χ0v) is 10.1. The lowest BCUT2D eigenvalue weighted by Crippen LogP contribution is -2.11. The molecule has 3 nitrogen and oxygen atoms in total. The van der Waals surface area contributed by atoms with E-state index in [2.05, 4.69) is 0 Å². The lowest BCUT2D eigenvalue weighted by atomic mass is 10.1. The molecule has 16 heavy (non-hydrogen) atoms. The second kappa shape index (κ2) is 6.16. The second-order valence-corrected chi connectivity index (χ2v) is 3.88. The van der Waals surface area contributed by atoms with E-state index in [1.165, 1.54) is 0 Å². The molecule has 1 aromatic rings. The van der Waals surface area contributed by atoms with Crippen molar-refractivity contribution in [3.05, 3.63) is 29.3 Å². The molecule has 0 saturated heterocycles. The zero-order chi connectivity index (χ0) is 12.0. The lowest BCUT2D eigenvalue weighted by Gasteiger charge is -2.06. The first-order valence-corrected chi connectivity index (χ1v) is 5.54. The van der Waals surface area contributed by atoms with Crippen molar-refractivity contribution in [2.45, 2.75) is 33.6 Å². The Morgan fingerprint density at radius 1 is 1.19 bits per heavy atom. The molecule has 0 atom stereocenters.